The molecule has 1 aromatic heterocycles. The van der Waals surface area contributed by atoms with E-state index in [2.05, 4.69) is 25.6 Å². The van der Waals surface area contributed by atoms with Gasteiger partial charge in [0, 0.05) is 10.7 Å². The first-order chi connectivity index (χ1) is 8.88. The highest BCUT2D eigenvalue weighted by Gasteiger charge is 2.16. The van der Waals surface area contributed by atoms with Crippen LogP contribution in [0.3, 0.4) is 0 Å². The van der Waals surface area contributed by atoms with Crippen LogP contribution in [0.15, 0.2) is 45.9 Å². The molecule has 7 heteroatoms. The van der Waals surface area contributed by atoms with Crippen molar-refractivity contribution in [3.8, 4) is 0 Å². The Morgan fingerprint density at radius 1 is 1.26 bits per heavy atom. The van der Waals surface area contributed by atoms with Gasteiger partial charge in [-0.25, -0.2) is 17.8 Å². The molecule has 0 atom stereocenters. The summed E-state index contributed by atoms with van der Waals surface area (Å²) >= 11 is 3.21. The van der Waals surface area contributed by atoms with Crippen molar-refractivity contribution < 1.29 is 12.8 Å². The Hall–Kier alpha value is -1.47. The van der Waals surface area contributed by atoms with Crippen LogP contribution in [-0.4, -0.2) is 13.4 Å². The van der Waals surface area contributed by atoms with Crippen LogP contribution in [0.2, 0.25) is 0 Å². The van der Waals surface area contributed by atoms with Gasteiger partial charge in [-0.3, -0.25) is 4.72 Å². The first-order valence-electron chi connectivity index (χ1n) is 5.29. The molecule has 2 aromatic rings. The van der Waals surface area contributed by atoms with E-state index in [-0.39, 0.29) is 10.7 Å². The van der Waals surface area contributed by atoms with Crippen LogP contribution in [0.25, 0.3) is 0 Å². The SMILES string of the molecule is Cc1ccc(S(=O)(=O)Nc2cc(Br)ccn2)cc1F. The molecule has 4 nitrogen and oxygen atoms in total. The molecule has 1 aromatic carbocycles. The number of hydrogen-bond acceptors (Lipinski definition) is 3. The Morgan fingerprint density at radius 2 is 2.00 bits per heavy atom. The molecule has 0 saturated carbocycles. The van der Waals surface area contributed by atoms with Crippen LogP contribution in [0.4, 0.5) is 10.2 Å². The molecule has 2 rings (SSSR count). The fourth-order valence-electron chi connectivity index (χ4n) is 1.40. The maximum absolute atomic E-state index is 13.4. The van der Waals surface area contributed by atoms with Crippen molar-refractivity contribution >= 4 is 31.8 Å². The number of aryl methyl sites for hydroxylation is 1. The number of aromatic nitrogens is 1. The number of anilines is 1. The van der Waals surface area contributed by atoms with Gasteiger partial charge in [0.05, 0.1) is 4.90 Å². The third-order valence-corrected chi connectivity index (χ3v) is 4.26. The Labute approximate surface area is 118 Å². The predicted molar refractivity (Wildman–Crippen MR) is 73.9 cm³/mol. The summed E-state index contributed by atoms with van der Waals surface area (Å²) in [7, 11) is -3.84. The zero-order valence-corrected chi connectivity index (χ0v) is 12.3. The summed E-state index contributed by atoms with van der Waals surface area (Å²) < 4.78 is 40.5. The lowest BCUT2D eigenvalue weighted by Crippen LogP contribution is -2.14. The van der Waals surface area contributed by atoms with Gasteiger partial charge >= 0.3 is 0 Å². The average molecular weight is 345 g/mol. The number of rotatable bonds is 3. The van der Waals surface area contributed by atoms with E-state index in [1.807, 2.05) is 0 Å². The van der Waals surface area contributed by atoms with Gasteiger partial charge in [0.1, 0.15) is 11.6 Å². The van der Waals surface area contributed by atoms with Crippen molar-refractivity contribution in [2.75, 3.05) is 4.72 Å². The number of halogens is 2. The largest absolute Gasteiger partial charge is 0.263 e. The van der Waals surface area contributed by atoms with Gasteiger partial charge in [-0.1, -0.05) is 22.0 Å². The Morgan fingerprint density at radius 3 is 2.63 bits per heavy atom. The van der Waals surface area contributed by atoms with Gasteiger partial charge in [0.15, 0.2) is 0 Å². The monoisotopic (exact) mass is 344 g/mol. The van der Waals surface area contributed by atoms with Gasteiger partial charge in [0.2, 0.25) is 0 Å². The predicted octanol–water partition coefficient (Wildman–Crippen LogP) is 3.09. The van der Waals surface area contributed by atoms with E-state index in [1.54, 1.807) is 13.0 Å². The van der Waals surface area contributed by atoms with Crippen molar-refractivity contribution in [1.82, 2.24) is 4.98 Å². The highest BCUT2D eigenvalue weighted by atomic mass is 79.9. The summed E-state index contributed by atoms with van der Waals surface area (Å²) in [6.45, 7) is 1.56. The molecule has 1 N–H and O–H groups in total. The van der Waals surface area contributed by atoms with E-state index in [4.69, 9.17) is 0 Å². The van der Waals surface area contributed by atoms with Crippen molar-refractivity contribution in [2.45, 2.75) is 11.8 Å². The summed E-state index contributed by atoms with van der Waals surface area (Å²) in [6.07, 6.45) is 1.46. The first kappa shape index (κ1) is 14.0. The Kier molecular flexibility index (Phi) is 3.86. The van der Waals surface area contributed by atoms with Crippen LogP contribution in [-0.2, 0) is 10.0 Å². The van der Waals surface area contributed by atoms with Crippen molar-refractivity contribution in [1.29, 1.82) is 0 Å². The Balaban J connectivity index is 2.35. The fourth-order valence-corrected chi connectivity index (χ4v) is 2.74. The molecule has 0 bridgehead atoms. The fraction of sp³-hybridized carbons (Fsp3) is 0.0833. The molecule has 0 aliphatic carbocycles. The molecular formula is C12H10BrFN2O2S. The second-order valence-electron chi connectivity index (χ2n) is 3.88. The van der Waals surface area contributed by atoms with Gasteiger partial charge in [-0.05, 0) is 36.8 Å². The van der Waals surface area contributed by atoms with Crippen molar-refractivity contribution in [2.24, 2.45) is 0 Å². The maximum Gasteiger partial charge on any atom is 0.263 e. The summed E-state index contributed by atoms with van der Waals surface area (Å²) in [5.41, 5.74) is 0.388. The lowest BCUT2D eigenvalue weighted by Gasteiger charge is -2.08. The molecule has 100 valence electrons. The molecule has 1 heterocycles. The quantitative estimate of drug-likeness (QED) is 0.930. The summed E-state index contributed by atoms with van der Waals surface area (Å²) in [4.78, 5) is 3.73. The van der Waals surface area contributed by atoms with E-state index in [1.165, 1.54) is 24.4 Å². The average Bonchev–Trinajstić information content (AvgIpc) is 2.32. The van der Waals surface area contributed by atoms with Crippen LogP contribution in [0, 0.1) is 12.7 Å². The number of pyridine rings is 1. The minimum Gasteiger partial charge on any atom is -0.263 e. The number of sulfonamides is 1. The smallest absolute Gasteiger partial charge is 0.263 e. The van der Waals surface area contributed by atoms with Crippen molar-refractivity contribution in [3.05, 3.63) is 52.4 Å². The summed E-state index contributed by atoms with van der Waals surface area (Å²) in [5, 5.41) is 0. The number of nitrogens with one attached hydrogen (secondary N) is 1. The second-order valence-corrected chi connectivity index (χ2v) is 6.47. The highest BCUT2D eigenvalue weighted by molar-refractivity contribution is 9.10. The van der Waals surface area contributed by atoms with Gasteiger partial charge in [0.25, 0.3) is 10.0 Å². The molecule has 0 aliphatic rings. The maximum atomic E-state index is 13.4. The first-order valence-corrected chi connectivity index (χ1v) is 7.56. The molecule has 0 amide bonds. The third kappa shape index (κ3) is 3.30. The van der Waals surface area contributed by atoms with Crippen LogP contribution >= 0.6 is 15.9 Å². The Bertz CT molecular complexity index is 719. The third-order valence-electron chi connectivity index (χ3n) is 2.41. The highest BCUT2D eigenvalue weighted by Crippen LogP contribution is 2.19. The molecule has 0 aliphatic heterocycles. The normalized spacial score (nSPS) is 11.3. The lowest BCUT2D eigenvalue weighted by atomic mass is 10.2. The zero-order valence-electron chi connectivity index (χ0n) is 9.89. The molecule has 0 radical (unpaired) electrons. The minimum absolute atomic E-state index is 0.141. The van der Waals surface area contributed by atoms with E-state index in [0.717, 1.165) is 6.07 Å². The zero-order chi connectivity index (χ0) is 14.0. The number of nitrogens with zero attached hydrogens (tertiary/aromatic N) is 1. The van der Waals surface area contributed by atoms with E-state index in [0.29, 0.717) is 10.0 Å². The van der Waals surface area contributed by atoms with E-state index < -0.39 is 15.8 Å². The standard InChI is InChI=1S/C12H10BrFN2O2S/c1-8-2-3-10(7-11(8)14)19(17,18)16-12-6-9(13)4-5-15-12/h2-7H,1H3,(H,15,16). The molecule has 0 spiro atoms. The van der Waals surface area contributed by atoms with Crippen LogP contribution in [0.1, 0.15) is 5.56 Å². The van der Waals surface area contributed by atoms with Crippen molar-refractivity contribution in [3.63, 3.8) is 0 Å². The van der Waals surface area contributed by atoms with Crippen LogP contribution in [0.5, 0.6) is 0 Å². The molecular weight excluding hydrogens is 335 g/mol. The molecule has 0 saturated heterocycles. The minimum atomic E-state index is -3.84. The van der Waals surface area contributed by atoms with E-state index >= 15 is 0 Å². The number of hydrogen-bond donors (Lipinski definition) is 1. The molecule has 19 heavy (non-hydrogen) atoms. The summed E-state index contributed by atoms with van der Waals surface area (Å²) in [6, 6.07) is 6.93. The van der Waals surface area contributed by atoms with E-state index in [9.17, 15) is 12.8 Å². The van der Waals surface area contributed by atoms with Gasteiger partial charge in [-0.2, -0.15) is 0 Å². The summed E-state index contributed by atoms with van der Waals surface area (Å²) in [5.74, 6) is -0.402. The van der Waals surface area contributed by atoms with Gasteiger partial charge in [-0.15, -0.1) is 0 Å². The topological polar surface area (TPSA) is 59.1 Å². The second kappa shape index (κ2) is 5.26. The van der Waals surface area contributed by atoms with Gasteiger partial charge < -0.3 is 0 Å². The molecule has 0 unspecified atom stereocenters. The number of benzene rings is 1. The lowest BCUT2D eigenvalue weighted by molar-refractivity contribution is 0.593. The molecule has 0 fully saturated rings. The van der Waals surface area contributed by atoms with Crippen LogP contribution < -0.4 is 4.72 Å².